The molecule has 0 saturated carbocycles. The number of nitrogens with zero attached hydrogens (tertiary/aromatic N) is 1. The molecule has 2 bridgehead atoms. The number of ether oxygens (including phenoxy) is 4. The standard InChI is InChI=1S/C19H29N3O4.HI/c1-20-19(22-15-9-12-5-6-16(15)26-12)21-8-7-14-17(24-3)10-13(23-2)11-18(14)25-4;/h10-12,15-16H,5-9H2,1-4H3,(H2,20,21,22);1H. The van der Waals surface area contributed by atoms with Crippen LogP contribution < -0.4 is 24.8 Å². The van der Waals surface area contributed by atoms with Gasteiger partial charge in [-0.1, -0.05) is 0 Å². The largest absolute Gasteiger partial charge is 0.496 e. The van der Waals surface area contributed by atoms with E-state index in [0.29, 0.717) is 30.5 Å². The minimum absolute atomic E-state index is 0. The van der Waals surface area contributed by atoms with Gasteiger partial charge >= 0.3 is 0 Å². The van der Waals surface area contributed by atoms with Crippen LogP contribution in [0.3, 0.4) is 0 Å². The molecule has 3 rings (SSSR count). The molecule has 2 heterocycles. The number of hydrogen-bond donors (Lipinski definition) is 2. The lowest BCUT2D eigenvalue weighted by molar-refractivity contribution is 0.0992. The van der Waals surface area contributed by atoms with Gasteiger partial charge in [0.2, 0.25) is 0 Å². The number of methoxy groups -OCH3 is 3. The highest BCUT2D eigenvalue weighted by Crippen LogP contribution is 2.35. The third-order valence-electron chi connectivity index (χ3n) is 5.14. The highest BCUT2D eigenvalue weighted by Gasteiger charge is 2.41. The second-order valence-corrected chi connectivity index (χ2v) is 6.62. The van der Waals surface area contributed by atoms with Gasteiger partial charge in [0.05, 0.1) is 39.6 Å². The zero-order chi connectivity index (χ0) is 18.5. The number of benzene rings is 1. The summed E-state index contributed by atoms with van der Waals surface area (Å²) in [6.45, 7) is 0.709. The molecule has 0 aromatic heterocycles. The summed E-state index contributed by atoms with van der Waals surface area (Å²) in [6, 6.07) is 4.10. The average molecular weight is 491 g/mol. The second-order valence-electron chi connectivity index (χ2n) is 6.62. The number of hydrogen-bond acceptors (Lipinski definition) is 5. The van der Waals surface area contributed by atoms with Crippen LogP contribution in [-0.2, 0) is 11.2 Å². The van der Waals surface area contributed by atoms with Crippen LogP contribution in [0.15, 0.2) is 17.1 Å². The number of rotatable bonds is 7. The molecule has 3 unspecified atom stereocenters. The van der Waals surface area contributed by atoms with E-state index in [1.165, 1.54) is 6.42 Å². The molecule has 3 atom stereocenters. The van der Waals surface area contributed by atoms with Crippen molar-refractivity contribution < 1.29 is 18.9 Å². The van der Waals surface area contributed by atoms with Crippen LogP contribution in [0, 0.1) is 0 Å². The molecule has 7 nitrogen and oxygen atoms in total. The van der Waals surface area contributed by atoms with Gasteiger partial charge in [0.1, 0.15) is 17.2 Å². The molecular formula is C19H30IN3O4. The Kier molecular flexibility index (Phi) is 8.28. The lowest BCUT2D eigenvalue weighted by Gasteiger charge is -2.23. The van der Waals surface area contributed by atoms with Gasteiger partial charge in [-0.25, -0.2) is 0 Å². The first-order valence-electron chi connectivity index (χ1n) is 9.10. The van der Waals surface area contributed by atoms with Gasteiger partial charge in [-0.3, -0.25) is 4.99 Å². The van der Waals surface area contributed by atoms with Gasteiger partial charge in [-0.2, -0.15) is 0 Å². The van der Waals surface area contributed by atoms with Crippen molar-refractivity contribution in [1.29, 1.82) is 0 Å². The van der Waals surface area contributed by atoms with Crippen LogP contribution in [0.5, 0.6) is 17.2 Å². The first-order valence-corrected chi connectivity index (χ1v) is 9.10. The molecule has 2 aliphatic heterocycles. The van der Waals surface area contributed by atoms with E-state index in [9.17, 15) is 0 Å². The Morgan fingerprint density at radius 3 is 2.33 bits per heavy atom. The van der Waals surface area contributed by atoms with Gasteiger partial charge in [0.25, 0.3) is 0 Å². The Balaban J connectivity index is 0.00000261. The summed E-state index contributed by atoms with van der Waals surface area (Å²) in [7, 11) is 6.73. The van der Waals surface area contributed by atoms with E-state index in [2.05, 4.69) is 15.6 Å². The van der Waals surface area contributed by atoms with Crippen molar-refractivity contribution in [2.24, 2.45) is 4.99 Å². The lowest BCUT2D eigenvalue weighted by Crippen LogP contribution is -2.47. The number of fused-ring (bicyclic) bond motifs is 2. The monoisotopic (exact) mass is 491 g/mol. The van der Waals surface area contributed by atoms with Crippen molar-refractivity contribution in [1.82, 2.24) is 10.6 Å². The van der Waals surface area contributed by atoms with E-state index in [1.54, 1.807) is 28.4 Å². The predicted octanol–water partition coefficient (Wildman–Crippen LogP) is 2.36. The zero-order valence-electron chi connectivity index (χ0n) is 16.4. The Bertz CT molecular complexity index is 631. The van der Waals surface area contributed by atoms with Crippen molar-refractivity contribution in [3.63, 3.8) is 0 Å². The van der Waals surface area contributed by atoms with Crippen LogP contribution in [0.4, 0.5) is 0 Å². The summed E-state index contributed by atoms with van der Waals surface area (Å²) in [5.41, 5.74) is 1.00. The maximum Gasteiger partial charge on any atom is 0.191 e. The van der Waals surface area contributed by atoms with Gasteiger partial charge in [-0.05, 0) is 25.7 Å². The fraction of sp³-hybridized carbons (Fsp3) is 0.632. The van der Waals surface area contributed by atoms with Crippen molar-refractivity contribution in [2.45, 2.75) is 43.9 Å². The van der Waals surface area contributed by atoms with E-state index >= 15 is 0 Å². The van der Waals surface area contributed by atoms with Gasteiger partial charge in [0, 0.05) is 31.3 Å². The van der Waals surface area contributed by atoms with E-state index in [0.717, 1.165) is 42.3 Å². The van der Waals surface area contributed by atoms with Crippen LogP contribution in [0.1, 0.15) is 24.8 Å². The second kappa shape index (κ2) is 10.2. The molecule has 0 amide bonds. The summed E-state index contributed by atoms with van der Waals surface area (Å²) >= 11 is 0. The molecule has 8 heteroatoms. The van der Waals surface area contributed by atoms with Gasteiger partial charge in [0.15, 0.2) is 5.96 Å². The normalized spacial score (nSPS) is 23.6. The molecule has 2 N–H and O–H groups in total. The molecule has 1 aromatic rings. The van der Waals surface area contributed by atoms with Crippen molar-refractivity contribution in [3.8, 4) is 17.2 Å². The molecule has 0 spiro atoms. The van der Waals surface area contributed by atoms with E-state index < -0.39 is 0 Å². The maximum absolute atomic E-state index is 5.90. The Morgan fingerprint density at radius 1 is 1.15 bits per heavy atom. The SMILES string of the molecule is CN=C(NCCc1c(OC)cc(OC)cc1OC)NC1CC2CCC1O2.I. The summed E-state index contributed by atoms with van der Waals surface area (Å²) < 4.78 is 22.2. The summed E-state index contributed by atoms with van der Waals surface area (Å²) in [4.78, 5) is 4.34. The van der Waals surface area contributed by atoms with Crippen LogP contribution >= 0.6 is 24.0 Å². The molecule has 2 saturated heterocycles. The average Bonchev–Trinajstić information content (AvgIpc) is 3.29. The number of halogens is 1. The third-order valence-corrected chi connectivity index (χ3v) is 5.14. The summed E-state index contributed by atoms with van der Waals surface area (Å²) in [6.07, 6.45) is 4.87. The molecule has 2 aliphatic rings. The molecule has 0 aliphatic carbocycles. The highest BCUT2D eigenvalue weighted by atomic mass is 127. The molecule has 2 fully saturated rings. The highest BCUT2D eigenvalue weighted by molar-refractivity contribution is 14.0. The topological polar surface area (TPSA) is 73.3 Å². The van der Waals surface area contributed by atoms with Crippen LogP contribution in [0.25, 0.3) is 0 Å². The fourth-order valence-electron chi connectivity index (χ4n) is 3.79. The first-order chi connectivity index (χ1) is 12.7. The third kappa shape index (κ3) is 5.10. The fourth-order valence-corrected chi connectivity index (χ4v) is 3.79. The Hall–Kier alpha value is -1.42. The quantitative estimate of drug-likeness (QED) is 0.347. The molecule has 0 radical (unpaired) electrons. The number of guanidine groups is 1. The molecule has 27 heavy (non-hydrogen) atoms. The zero-order valence-corrected chi connectivity index (χ0v) is 18.7. The Labute approximate surface area is 178 Å². The van der Waals surface area contributed by atoms with Crippen LogP contribution in [0.2, 0.25) is 0 Å². The number of aliphatic imine (C=N–C) groups is 1. The van der Waals surface area contributed by atoms with Crippen molar-refractivity contribution in [3.05, 3.63) is 17.7 Å². The van der Waals surface area contributed by atoms with Gasteiger partial charge < -0.3 is 29.6 Å². The smallest absolute Gasteiger partial charge is 0.191 e. The lowest BCUT2D eigenvalue weighted by atomic mass is 9.96. The summed E-state index contributed by atoms with van der Waals surface area (Å²) in [5, 5.41) is 6.87. The molecule has 152 valence electrons. The van der Waals surface area contributed by atoms with E-state index in [1.807, 2.05) is 12.1 Å². The van der Waals surface area contributed by atoms with Crippen molar-refractivity contribution >= 4 is 29.9 Å². The maximum atomic E-state index is 5.90. The minimum Gasteiger partial charge on any atom is -0.496 e. The van der Waals surface area contributed by atoms with E-state index in [-0.39, 0.29) is 24.0 Å². The Morgan fingerprint density at radius 2 is 1.85 bits per heavy atom. The van der Waals surface area contributed by atoms with Gasteiger partial charge in [-0.15, -0.1) is 24.0 Å². The van der Waals surface area contributed by atoms with Crippen molar-refractivity contribution in [2.75, 3.05) is 34.9 Å². The summed E-state index contributed by atoms with van der Waals surface area (Å²) in [5.74, 6) is 3.03. The number of nitrogens with one attached hydrogen (secondary N) is 2. The van der Waals surface area contributed by atoms with E-state index in [4.69, 9.17) is 18.9 Å². The minimum atomic E-state index is 0. The van der Waals surface area contributed by atoms with Crippen LogP contribution in [-0.4, -0.2) is 59.1 Å². The predicted molar refractivity (Wildman–Crippen MR) is 116 cm³/mol. The first kappa shape index (κ1) is 21.9. The molecule has 1 aromatic carbocycles. The molecular weight excluding hydrogens is 461 g/mol.